The van der Waals surface area contributed by atoms with Gasteiger partial charge in [-0.2, -0.15) is 4.98 Å². The van der Waals surface area contributed by atoms with Crippen molar-refractivity contribution in [2.24, 2.45) is 0 Å². The second-order valence-electron chi connectivity index (χ2n) is 5.32. The Morgan fingerprint density at radius 2 is 2.04 bits per heavy atom. The first-order valence-electron chi connectivity index (χ1n) is 7.28. The molecule has 5 nitrogen and oxygen atoms in total. The van der Waals surface area contributed by atoms with Gasteiger partial charge in [0.1, 0.15) is 17.3 Å². The third-order valence-electron chi connectivity index (χ3n) is 3.87. The zero-order chi connectivity index (χ0) is 15.8. The molecule has 114 valence electrons. The molecule has 0 unspecified atom stereocenters. The van der Waals surface area contributed by atoms with Gasteiger partial charge in [-0.3, -0.25) is 4.79 Å². The van der Waals surface area contributed by atoms with Crippen molar-refractivity contribution in [3.05, 3.63) is 70.0 Å². The van der Waals surface area contributed by atoms with E-state index in [1.165, 1.54) is 0 Å². The molecule has 2 heterocycles. The highest BCUT2D eigenvalue weighted by atomic mass is 16.5. The Morgan fingerprint density at radius 1 is 1.17 bits per heavy atom. The van der Waals surface area contributed by atoms with E-state index in [0.29, 0.717) is 29.4 Å². The van der Waals surface area contributed by atoms with Crippen LogP contribution in [0.4, 0.5) is 0 Å². The normalized spacial score (nSPS) is 12.0. The van der Waals surface area contributed by atoms with Crippen LogP contribution in [0.2, 0.25) is 0 Å². The lowest BCUT2D eigenvalue weighted by molar-refractivity contribution is 0.415. The SMILES string of the molecule is COc1cccc(-c2nc3c(c(=O)[nH]2)Cc2ccccc2O3)c1. The van der Waals surface area contributed by atoms with Crippen molar-refractivity contribution in [3.63, 3.8) is 0 Å². The number of para-hydroxylation sites is 1. The van der Waals surface area contributed by atoms with Crippen LogP contribution < -0.4 is 15.0 Å². The van der Waals surface area contributed by atoms with Crippen molar-refractivity contribution >= 4 is 0 Å². The van der Waals surface area contributed by atoms with Crippen LogP contribution in [0.3, 0.4) is 0 Å². The van der Waals surface area contributed by atoms with Gasteiger partial charge in [-0.05, 0) is 23.8 Å². The number of fused-ring (bicyclic) bond motifs is 2. The molecule has 2 aromatic carbocycles. The van der Waals surface area contributed by atoms with Gasteiger partial charge in [0, 0.05) is 12.0 Å². The van der Waals surface area contributed by atoms with Gasteiger partial charge in [-0.15, -0.1) is 0 Å². The van der Waals surface area contributed by atoms with E-state index in [-0.39, 0.29) is 5.56 Å². The second kappa shape index (κ2) is 5.28. The first kappa shape index (κ1) is 13.6. The summed E-state index contributed by atoms with van der Waals surface area (Å²) in [6, 6.07) is 15.0. The summed E-state index contributed by atoms with van der Waals surface area (Å²) in [7, 11) is 1.60. The number of nitrogens with one attached hydrogen (secondary N) is 1. The summed E-state index contributed by atoms with van der Waals surface area (Å²) in [6.45, 7) is 0. The van der Waals surface area contributed by atoms with Crippen LogP contribution in [0, 0.1) is 0 Å². The van der Waals surface area contributed by atoms with Gasteiger partial charge in [0.2, 0.25) is 5.88 Å². The minimum absolute atomic E-state index is 0.178. The van der Waals surface area contributed by atoms with Gasteiger partial charge in [-0.25, -0.2) is 0 Å². The highest BCUT2D eigenvalue weighted by Gasteiger charge is 2.22. The molecule has 1 aliphatic rings. The number of aromatic amines is 1. The molecule has 1 aliphatic heterocycles. The van der Waals surface area contributed by atoms with Crippen LogP contribution in [0.25, 0.3) is 11.4 Å². The Hall–Kier alpha value is -3.08. The minimum atomic E-state index is -0.178. The van der Waals surface area contributed by atoms with E-state index in [0.717, 1.165) is 16.9 Å². The molecule has 0 spiro atoms. The third kappa shape index (κ3) is 2.36. The van der Waals surface area contributed by atoms with E-state index in [4.69, 9.17) is 9.47 Å². The summed E-state index contributed by atoms with van der Waals surface area (Å²) >= 11 is 0. The fourth-order valence-electron chi connectivity index (χ4n) is 2.67. The van der Waals surface area contributed by atoms with Gasteiger partial charge >= 0.3 is 0 Å². The van der Waals surface area contributed by atoms with Crippen molar-refractivity contribution in [3.8, 4) is 28.8 Å². The van der Waals surface area contributed by atoms with E-state index < -0.39 is 0 Å². The van der Waals surface area contributed by atoms with Crippen LogP contribution in [-0.2, 0) is 6.42 Å². The molecule has 0 saturated carbocycles. The molecule has 0 radical (unpaired) electrons. The van der Waals surface area contributed by atoms with Crippen LogP contribution in [0.5, 0.6) is 17.4 Å². The summed E-state index contributed by atoms with van der Waals surface area (Å²) in [5.74, 6) is 2.28. The average molecular weight is 306 g/mol. The molecule has 4 rings (SSSR count). The molecule has 0 atom stereocenters. The lowest BCUT2D eigenvalue weighted by Crippen LogP contribution is -2.20. The molecular formula is C18H14N2O3. The molecule has 0 aliphatic carbocycles. The van der Waals surface area contributed by atoms with Crippen LogP contribution >= 0.6 is 0 Å². The zero-order valence-corrected chi connectivity index (χ0v) is 12.5. The fourth-order valence-corrected chi connectivity index (χ4v) is 2.67. The number of nitrogens with zero attached hydrogens (tertiary/aromatic N) is 1. The molecule has 23 heavy (non-hydrogen) atoms. The lowest BCUT2D eigenvalue weighted by atomic mass is 10.0. The topological polar surface area (TPSA) is 64.2 Å². The molecule has 0 fully saturated rings. The van der Waals surface area contributed by atoms with Gasteiger partial charge in [0.05, 0.1) is 12.7 Å². The Morgan fingerprint density at radius 3 is 2.91 bits per heavy atom. The smallest absolute Gasteiger partial charge is 0.258 e. The summed E-state index contributed by atoms with van der Waals surface area (Å²) in [6.07, 6.45) is 0.520. The number of H-pyrrole nitrogens is 1. The monoisotopic (exact) mass is 306 g/mol. The van der Waals surface area contributed by atoms with Crippen LogP contribution in [-0.4, -0.2) is 17.1 Å². The summed E-state index contributed by atoms with van der Waals surface area (Å²) < 4.78 is 11.0. The zero-order valence-electron chi connectivity index (χ0n) is 12.5. The Balaban J connectivity index is 1.81. The van der Waals surface area contributed by atoms with E-state index >= 15 is 0 Å². The van der Waals surface area contributed by atoms with E-state index in [1.807, 2.05) is 48.5 Å². The molecule has 0 bridgehead atoms. The molecule has 1 N–H and O–H groups in total. The van der Waals surface area contributed by atoms with Gasteiger partial charge < -0.3 is 14.5 Å². The standard InChI is InChI=1S/C18H14N2O3/c1-22-13-7-4-6-12(9-13)16-19-17(21)14-10-11-5-2-3-8-15(11)23-18(14)20-16/h2-9H,10H2,1H3,(H,19,20,21). The predicted molar refractivity (Wildman–Crippen MR) is 86.2 cm³/mol. The third-order valence-corrected chi connectivity index (χ3v) is 3.87. The maximum atomic E-state index is 12.4. The number of rotatable bonds is 2. The first-order valence-corrected chi connectivity index (χ1v) is 7.28. The summed E-state index contributed by atoms with van der Waals surface area (Å²) in [5, 5.41) is 0. The maximum absolute atomic E-state index is 12.4. The van der Waals surface area contributed by atoms with Crippen molar-refractivity contribution < 1.29 is 9.47 Å². The van der Waals surface area contributed by atoms with Gasteiger partial charge in [-0.1, -0.05) is 30.3 Å². The van der Waals surface area contributed by atoms with Crippen LogP contribution in [0.15, 0.2) is 53.3 Å². The Labute approximate surface area is 132 Å². The Bertz CT molecular complexity index is 947. The van der Waals surface area contributed by atoms with Crippen molar-refractivity contribution in [2.45, 2.75) is 6.42 Å². The highest BCUT2D eigenvalue weighted by molar-refractivity contribution is 5.59. The number of benzene rings is 2. The van der Waals surface area contributed by atoms with E-state index in [9.17, 15) is 4.79 Å². The van der Waals surface area contributed by atoms with Crippen molar-refractivity contribution in [2.75, 3.05) is 7.11 Å². The van der Waals surface area contributed by atoms with Gasteiger partial charge in [0.25, 0.3) is 5.56 Å². The van der Waals surface area contributed by atoms with E-state index in [2.05, 4.69) is 9.97 Å². The minimum Gasteiger partial charge on any atom is -0.497 e. The quantitative estimate of drug-likeness (QED) is 0.618. The fraction of sp³-hybridized carbons (Fsp3) is 0.111. The number of hydrogen-bond acceptors (Lipinski definition) is 4. The molecule has 3 aromatic rings. The summed E-state index contributed by atoms with van der Waals surface area (Å²) in [5.41, 5.74) is 2.13. The van der Waals surface area contributed by atoms with Gasteiger partial charge in [0.15, 0.2) is 0 Å². The number of hydrogen-bond donors (Lipinski definition) is 1. The van der Waals surface area contributed by atoms with Crippen molar-refractivity contribution in [1.29, 1.82) is 0 Å². The second-order valence-corrected chi connectivity index (χ2v) is 5.32. The molecule has 0 saturated heterocycles. The van der Waals surface area contributed by atoms with E-state index in [1.54, 1.807) is 7.11 Å². The maximum Gasteiger partial charge on any atom is 0.258 e. The number of aromatic nitrogens is 2. The van der Waals surface area contributed by atoms with Crippen molar-refractivity contribution in [1.82, 2.24) is 9.97 Å². The molecule has 1 aromatic heterocycles. The predicted octanol–water partition coefficient (Wildman–Crippen LogP) is 3.14. The average Bonchev–Trinajstić information content (AvgIpc) is 2.60. The molecule has 5 heteroatoms. The highest BCUT2D eigenvalue weighted by Crippen LogP contribution is 2.34. The lowest BCUT2D eigenvalue weighted by Gasteiger charge is -2.18. The molecular weight excluding hydrogens is 292 g/mol. The summed E-state index contributed by atoms with van der Waals surface area (Å²) in [4.78, 5) is 19.7. The largest absolute Gasteiger partial charge is 0.497 e. The first-order chi connectivity index (χ1) is 11.2. The molecule has 0 amide bonds. The van der Waals surface area contributed by atoms with Crippen LogP contribution in [0.1, 0.15) is 11.1 Å². The Kier molecular flexibility index (Phi) is 3.12. The number of ether oxygens (including phenoxy) is 2. The number of methoxy groups -OCH3 is 1.